The molecule has 0 aliphatic carbocycles. The molecule has 0 radical (unpaired) electrons. The van der Waals surface area contributed by atoms with Crippen LogP contribution in [0.1, 0.15) is 36.6 Å². The Morgan fingerprint density at radius 1 is 1.59 bits per heavy atom. The average Bonchev–Trinajstić information content (AvgIpc) is 2.94. The van der Waals surface area contributed by atoms with Gasteiger partial charge >= 0.3 is 0 Å². The number of hydrogen-bond donors (Lipinski definition) is 1. The Morgan fingerprint density at radius 2 is 2.35 bits per heavy atom. The summed E-state index contributed by atoms with van der Waals surface area (Å²) in [4.78, 5) is 14.1. The quantitative estimate of drug-likeness (QED) is 0.868. The van der Waals surface area contributed by atoms with Gasteiger partial charge in [0.1, 0.15) is 5.76 Å². The van der Waals surface area contributed by atoms with E-state index in [1.807, 2.05) is 17.9 Å². The number of rotatable bonds is 3. The Kier molecular flexibility index (Phi) is 3.52. The summed E-state index contributed by atoms with van der Waals surface area (Å²) in [5.41, 5.74) is 5.66. The maximum absolute atomic E-state index is 12.2. The molecule has 0 bridgehead atoms. The van der Waals surface area contributed by atoms with Gasteiger partial charge in [0.05, 0.1) is 0 Å². The standard InChI is InChI=1S/C13H20N2O2/c1-3-11-4-5-12(17-11)13(16)15-8-10(7-14)6-9(15)2/h4-5,9-10H,3,6-8,14H2,1-2H3. The number of likely N-dealkylation sites (tertiary alicyclic amines) is 1. The van der Waals surface area contributed by atoms with Crippen LogP contribution in [0.2, 0.25) is 0 Å². The van der Waals surface area contributed by atoms with Gasteiger partial charge in [-0.15, -0.1) is 0 Å². The molecule has 2 unspecified atom stereocenters. The van der Waals surface area contributed by atoms with Crippen LogP contribution in [0.3, 0.4) is 0 Å². The van der Waals surface area contributed by atoms with Crippen molar-refractivity contribution in [3.8, 4) is 0 Å². The summed E-state index contributed by atoms with van der Waals surface area (Å²) >= 11 is 0. The van der Waals surface area contributed by atoms with E-state index in [-0.39, 0.29) is 11.9 Å². The third-order valence-electron chi connectivity index (χ3n) is 3.48. The second-order valence-corrected chi connectivity index (χ2v) is 4.76. The van der Waals surface area contributed by atoms with E-state index in [4.69, 9.17) is 10.2 Å². The van der Waals surface area contributed by atoms with Crippen LogP contribution in [0.4, 0.5) is 0 Å². The van der Waals surface area contributed by atoms with Crippen LogP contribution in [0.15, 0.2) is 16.5 Å². The van der Waals surface area contributed by atoms with E-state index in [0.717, 1.165) is 25.1 Å². The second-order valence-electron chi connectivity index (χ2n) is 4.76. The van der Waals surface area contributed by atoms with Gasteiger partial charge in [0.25, 0.3) is 5.91 Å². The van der Waals surface area contributed by atoms with Crippen LogP contribution in [0, 0.1) is 5.92 Å². The molecule has 4 heteroatoms. The Balaban J connectivity index is 2.09. The molecule has 1 aromatic rings. The van der Waals surface area contributed by atoms with Crippen molar-refractivity contribution in [1.82, 2.24) is 4.90 Å². The molecular weight excluding hydrogens is 216 g/mol. The Morgan fingerprint density at radius 3 is 2.88 bits per heavy atom. The summed E-state index contributed by atoms with van der Waals surface area (Å²) in [6.07, 6.45) is 1.80. The number of carbonyl (C=O) groups is 1. The molecule has 94 valence electrons. The molecule has 2 atom stereocenters. The third kappa shape index (κ3) is 2.36. The summed E-state index contributed by atoms with van der Waals surface area (Å²) in [7, 11) is 0. The Labute approximate surface area is 102 Å². The molecule has 2 rings (SSSR count). The molecule has 2 heterocycles. The zero-order valence-corrected chi connectivity index (χ0v) is 10.5. The van der Waals surface area contributed by atoms with E-state index >= 15 is 0 Å². The molecule has 2 N–H and O–H groups in total. The average molecular weight is 236 g/mol. The minimum Gasteiger partial charge on any atom is -0.456 e. The predicted molar refractivity (Wildman–Crippen MR) is 65.7 cm³/mol. The monoisotopic (exact) mass is 236 g/mol. The predicted octanol–water partition coefficient (Wildman–Crippen LogP) is 1.65. The van der Waals surface area contributed by atoms with Gasteiger partial charge in [-0.3, -0.25) is 4.79 Å². The van der Waals surface area contributed by atoms with Gasteiger partial charge in [-0.05, 0) is 37.9 Å². The zero-order valence-electron chi connectivity index (χ0n) is 10.5. The topological polar surface area (TPSA) is 59.5 Å². The minimum atomic E-state index is -0.00634. The van der Waals surface area contributed by atoms with E-state index in [1.54, 1.807) is 6.07 Å². The SMILES string of the molecule is CCc1ccc(C(=O)N2CC(CN)CC2C)o1. The minimum absolute atomic E-state index is 0.00634. The highest BCUT2D eigenvalue weighted by molar-refractivity contribution is 5.92. The zero-order chi connectivity index (χ0) is 12.4. The maximum atomic E-state index is 12.2. The van der Waals surface area contributed by atoms with Crippen molar-refractivity contribution in [1.29, 1.82) is 0 Å². The van der Waals surface area contributed by atoms with E-state index in [9.17, 15) is 4.79 Å². The van der Waals surface area contributed by atoms with Crippen molar-refractivity contribution in [2.24, 2.45) is 11.7 Å². The van der Waals surface area contributed by atoms with Crippen molar-refractivity contribution < 1.29 is 9.21 Å². The van der Waals surface area contributed by atoms with Crippen molar-refractivity contribution in [2.45, 2.75) is 32.7 Å². The lowest BCUT2D eigenvalue weighted by atomic mass is 10.1. The number of hydrogen-bond acceptors (Lipinski definition) is 3. The van der Waals surface area contributed by atoms with Crippen LogP contribution in [-0.4, -0.2) is 29.9 Å². The highest BCUT2D eigenvalue weighted by Crippen LogP contribution is 2.24. The lowest BCUT2D eigenvalue weighted by molar-refractivity contribution is 0.0709. The van der Waals surface area contributed by atoms with Crippen LogP contribution in [-0.2, 0) is 6.42 Å². The van der Waals surface area contributed by atoms with Gasteiger partial charge in [0.15, 0.2) is 5.76 Å². The normalized spacial score (nSPS) is 24.3. The first kappa shape index (κ1) is 12.2. The summed E-state index contributed by atoms with van der Waals surface area (Å²) in [6.45, 7) is 5.47. The van der Waals surface area contributed by atoms with Gasteiger partial charge in [-0.25, -0.2) is 0 Å². The highest BCUT2D eigenvalue weighted by atomic mass is 16.4. The van der Waals surface area contributed by atoms with E-state index in [2.05, 4.69) is 6.92 Å². The number of amides is 1. The maximum Gasteiger partial charge on any atom is 0.289 e. The molecule has 17 heavy (non-hydrogen) atoms. The number of furan rings is 1. The number of nitrogens with two attached hydrogens (primary N) is 1. The third-order valence-corrected chi connectivity index (χ3v) is 3.48. The molecule has 1 aliphatic heterocycles. The first-order chi connectivity index (χ1) is 8.15. The van der Waals surface area contributed by atoms with Crippen LogP contribution in [0.5, 0.6) is 0 Å². The van der Waals surface area contributed by atoms with Crippen molar-refractivity contribution in [2.75, 3.05) is 13.1 Å². The molecule has 0 aromatic carbocycles. The molecule has 1 fully saturated rings. The van der Waals surface area contributed by atoms with Gasteiger partial charge in [0.2, 0.25) is 0 Å². The highest BCUT2D eigenvalue weighted by Gasteiger charge is 2.33. The van der Waals surface area contributed by atoms with E-state index < -0.39 is 0 Å². The van der Waals surface area contributed by atoms with Crippen LogP contribution >= 0.6 is 0 Å². The number of carbonyl (C=O) groups excluding carboxylic acids is 1. The smallest absolute Gasteiger partial charge is 0.289 e. The lowest BCUT2D eigenvalue weighted by Crippen LogP contribution is -2.34. The molecule has 1 saturated heterocycles. The van der Waals surface area contributed by atoms with Crippen LogP contribution in [0.25, 0.3) is 0 Å². The molecule has 0 spiro atoms. The molecule has 1 aromatic heterocycles. The number of nitrogens with zero attached hydrogens (tertiary/aromatic N) is 1. The van der Waals surface area contributed by atoms with Crippen LogP contribution < -0.4 is 5.73 Å². The van der Waals surface area contributed by atoms with Crippen molar-refractivity contribution in [3.05, 3.63) is 23.7 Å². The first-order valence-electron chi connectivity index (χ1n) is 6.25. The van der Waals surface area contributed by atoms with Crippen molar-refractivity contribution >= 4 is 5.91 Å². The second kappa shape index (κ2) is 4.92. The number of aryl methyl sites for hydroxylation is 1. The molecule has 1 amide bonds. The fourth-order valence-corrected chi connectivity index (χ4v) is 2.42. The fraction of sp³-hybridized carbons (Fsp3) is 0.615. The van der Waals surface area contributed by atoms with Gasteiger partial charge in [0, 0.05) is 19.0 Å². The molecule has 1 aliphatic rings. The largest absolute Gasteiger partial charge is 0.456 e. The Hall–Kier alpha value is -1.29. The van der Waals surface area contributed by atoms with E-state index in [0.29, 0.717) is 18.2 Å². The summed E-state index contributed by atoms with van der Waals surface area (Å²) in [5.74, 6) is 1.73. The lowest BCUT2D eigenvalue weighted by Gasteiger charge is -2.20. The van der Waals surface area contributed by atoms with Gasteiger partial charge in [-0.1, -0.05) is 6.92 Å². The fourth-order valence-electron chi connectivity index (χ4n) is 2.42. The van der Waals surface area contributed by atoms with Gasteiger partial charge < -0.3 is 15.1 Å². The first-order valence-corrected chi connectivity index (χ1v) is 6.25. The van der Waals surface area contributed by atoms with Gasteiger partial charge in [-0.2, -0.15) is 0 Å². The summed E-state index contributed by atoms with van der Waals surface area (Å²) in [6, 6.07) is 3.89. The Bertz CT molecular complexity index is 400. The molecular formula is C13H20N2O2. The summed E-state index contributed by atoms with van der Waals surface area (Å²) in [5, 5.41) is 0. The molecule has 0 saturated carbocycles. The molecule has 4 nitrogen and oxygen atoms in total. The van der Waals surface area contributed by atoms with E-state index in [1.165, 1.54) is 0 Å². The summed E-state index contributed by atoms with van der Waals surface area (Å²) < 4.78 is 5.50. The van der Waals surface area contributed by atoms with Crippen molar-refractivity contribution in [3.63, 3.8) is 0 Å².